The summed E-state index contributed by atoms with van der Waals surface area (Å²) in [6, 6.07) is 0. The predicted molar refractivity (Wildman–Crippen MR) is 47.6 cm³/mol. The summed E-state index contributed by atoms with van der Waals surface area (Å²) < 4.78 is 0. The van der Waals surface area contributed by atoms with E-state index in [1.807, 2.05) is 0 Å². The van der Waals surface area contributed by atoms with Crippen LogP contribution in [0.4, 0.5) is 0 Å². The van der Waals surface area contributed by atoms with Crippen LogP contribution < -0.4 is 0 Å². The molecule has 0 aromatic rings. The second kappa shape index (κ2) is 2.25. The molecule has 0 amide bonds. The van der Waals surface area contributed by atoms with Gasteiger partial charge in [0.2, 0.25) is 0 Å². The minimum Gasteiger partial charge on any atom is -0.393 e. The molecular weight excluding hydrogens is 148 g/mol. The minimum absolute atomic E-state index is 0.0309. The molecule has 68 valence electrons. The van der Waals surface area contributed by atoms with Gasteiger partial charge < -0.3 is 5.11 Å². The van der Waals surface area contributed by atoms with E-state index in [2.05, 4.69) is 6.92 Å². The number of rotatable bonds is 2. The highest BCUT2D eigenvalue weighted by Crippen LogP contribution is 2.70. The van der Waals surface area contributed by atoms with Gasteiger partial charge in [-0.15, -0.1) is 0 Å². The van der Waals surface area contributed by atoms with Crippen molar-refractivity contribution in [1.82, 2.24) is 0 Å². The van der Waals surface area contributed by atoms with E-state index in [0.29, 0.717) is 0 Å². The van der Waals surface area contributed by atoms with Crippen molar-refractivity contribution in [3.63, 3.8) is 0 Å². The lowest BCUT2D eigenvalue weighted by Crippen LogP contribution is -2.14. The van der Waals surface area contributed by atoms with Crippen molar-refractivity contribution in [3.05, 3.63) is 0 Å². The van der Waals surface area contributed by atoms with E-state index < -0.39 is 0 Å². The molecule has 1 heteroatoms. The van der Waals surface area contributed by atoms with Crippen LogP contribution in [0.1, 0.15) is 32.6 Å². The Morgan fingerprint density at radius 3 is 2.33 bits per heavy atom. The van der Waals surface area contributed by atoms with Crippen LogP contribution in [0.3, 0.4) is 0 Å². The van der Waals surface area contributed by atoms with Gasteiger partial charge in [0.05, 0.1) is 6.10 Å². The zero-order valence-corrected chi connectivity index (χ0v) is 7.74. The Bertz CT molecular complexity index is 185. The molecule has 5 atom stereocenters. The Balaban J connectivity index is 1.74. The van der Waals surface area contributed by atoms with E-state index in [1.165, 1.54) is 19.3 Å². The third-order valence-electron chi connectivity index (χ3n) is 4.66. The molecule has 12 heavy (non-hydrogen) atoms. The van der Waals surface area contributed by atoms with Crippen molar-refractivity contribution < 1.29 is 5.11 Å². The molecular formula is C11H18O. The molecule has 5 unspecified atom stereocenters. The lowest BCUT2D eigenvalue weighted by Gasteiger charge is -2.12. The second-order valence-electron chi connectivity index (χ2n) is 5.04. The van der Waals surface area contributed by atoms with Crippen molar-refractivity contribution in [2.45, 2.75) is 38.7 Å². The molecule has 3 saturated carbocycles. The monoisotopic (exact) mass is 166 g/mol. The molecule has 0 saturated heterocycles. The quantitative estimate of drug-likeness (QED) is 0.665. The average molecular weight is 166 g/mol. The zero-order valence-electron chi connectivity index (χ0n) is 7.74. The first-order valence-electron chi connectivity index (χ1n) is 5.51. The highest BCUT2D eigenvalue weighted by Gasteiger charge is 2.66. The maximum absolute atomic E-state index is 9.77. The lowest BCUT2D eigenvalue weighted by atomic mass is 9.98. The summed E-state index contributed by atoms with van der Waals surface area (Å²) in [4.78, 5) is 0. The van der Waals surface area contributed by atoms with Gasteiger partial charge in [-0.2, -0.15) is 0 Å². The van der Waals surface area contributed by atoms with E-state index in [9.17, 15) is 5.11 Å². The topological polar surface area (TPSA) is 20.2 Å². The lowest BCUT2D eigenvalue weighted by molar-refractivity contribution is 0.124. The fourth-order valence-corrected chi connectivity index (χ4v) is 4.18. The van der Waals surface area contributed by atoms with Crippen LogP contribution >= 0.6 is 0 Å². The first-order chi connectivity index (χ1) is 5.83. The average Bonchev–Trinajstić information content (AvgIpc) is 2.53. The summed E-state index contributed by atoms with van der Waals surface area (Å²) in [6.07, 6.45) is 5.44. The molecule has 0 aromatic carbocycles. The molecule has 3 fully saturated rings. The fraction of sp³-hybridized carbons (Fsp3) is 1.00. The van der Waals surface area contributed by atoms with E-state index in [0.717, 1.165) is 36.0 Å². The Kier molecular flexibility index (Phi) is 1.39. The van der Waals surface area contributed by atoms with E-state index in [4.69, 9.17) is 0 Å². The Labute approximate surface area is 74.2 Å². The van der Waals surface area contributed by atoms with Crippen molar-refractivity contribution >= 4 is 0 Å². The first-order valence-corrected chi connectivity index (χ1v) is 5.51. The SMILES string of the molecule is CCC(O)C1C2C3CCC(C3)C12. The minimum atomic E-state index is 0.0309. The standard InChI is InChI=1S/C11H18O/c1-2-8(12)11-9-6-3-4-7(5-6)10(9)11/h6-12H,2-5H2,1H3. The second-order valence-corrected chi connectivity index (χ2v) is 5.04. The summed E-state index contributed by atoms with van der Waals surface area (Å²) >= 11 is 0. The van der Waals surface area contributed by atoms with Crippen LogP contribution in [0.5, 0.6) is 0 Å². The molecule has 0 spiro atoms. The summed E-state index contributed by atoms with van der Waals surface area (Å²) in [5.41, 5.74) is 0. The molecule has 0 aliphatic heterocycles. The van der Waals surface area contributed by atoms with E-state index in [-0.39, 0.29) is 6.10 Å². The Morgan fingerprint density at radius 2 is 1.83 bits per heavy atom. The van der Waals surface area contributed by atoms with Crippen LogP contribution in [0.15, 0.2) is 0 Å². The highest BCUT2D eigenvalue weighted by atomic mass is 16.3. The van der Waals surface area contributed by atoms with E-state index >= 15 is 0 Å². The summed E-state index contributed by atoms with van der Waals surface area (Å²) in [7, 11) is 0. The Morgan fingerprint density at radius 1 is 1.25 bits per heavy atom. The van der Waals surface area contributed by atoms with Gasteiger partial charge in [0.15, 0.2) is 0 Å². The summed E-state index contributed by atoms with van der Waals surface area (Å²) in [5, 5.41) is 9.77. The van der Waals surface area contributed by atoms with Gasteiger partial charge in [-0.25, -0.2) is 0 Å². The van der Waals surface area contributed by atoms with Gasteiger partial charge in [-0.05, 0) is 55.3 Å². The van der Waals surface area contributed by atoms with Gasteiger partial charge in [-0.1, -0.05) is 6.92 Å². The van der Waals surface area contributed by atoms with Crippen molar-refractivity contribution in [2.24, 2.45) is 29.6 Å². The maximum Gasteiger partial charge on any atom is 0.0571 e. The smallest absolute Gasteiger partial charge is 0.0571 e. The number of fused-ring (bicyclic) bond motifs is 5. The van der Waals surface area contributed by atoms with Gasteiger partial charge in [-0.3, -0.25) is 0 Å². The summed E-state index contributed by atoms with van der Waals surface area (Å²) in [5.74, 6) is 4.68. The largest absolute Gasteiger partial charge is 0.393 e. The van der Waals surface area contributed by atoms with Crippen LogP contribution in [0.25, 0.3) is 0 Å². The molecule has 2 bridgehead atoms. The van der Waals surface area contributed by atoms with Crippen LogP contribution in [-0.2, 0) is 0 Å². The fourth-order valence-electron chi connectivity index (χ4n) is 4.18. The molecule has 0 aromatic heterocycles. The zero-order chi connectivity index (χ0) is 8.29. The van der Waals surface area contributed by atoms with Gasteiger partial charge in [0.25, 0.3) is 0 Å². The van der Waals surface area contributed by atoms with Crippen LogP contribution in [0.2, 0.25) is 0 Å². The first kappa shape index (κ1) is 7.37. The molecule has 1 nitrogen and oxygen atoms in total. The number of aliphatic hydroxyl groups is 1. The van der Waals surface area contributed by atoms with E-state index in [1.54, 1.807) is 0 Å². The predicted octanol–water partition coefficient (Wildman–Crippen LogP) is 2.05. The van der Waals surface area contributed by atoms with Crippen molar-refractivity contribution in [2.75, 3.05) is 0 Å². The van der Waals surface area contributed by atoms with Crippen LogP contribution in [-0.4, -0.2) is 11.2 Å². The molecule has 1 N–H and O–H groups in total. The highest BCUT2D eigenvalue weighted by molar-refractivity contribution is 5.14. The number of aliphatic hydroxyl groups excluding tert-OH is 1. The molecule has 0 radical (unpaired) electrons. The van der Waals surface area contributed by atoms with Crippen molar-refractivity contribution in [1.29, 1.82) is 0 Å². The molecule has 0 heterocycles. The molecule has 3 aliphatic carbocycles. The molecule has 3 aliphatic rings. The van der Waals surface area contributed by atoms with Gasteiger partial charge >= 0.3 is 0 Å². The third kappa shape index (κ3) is 0.736. The number of hydrogen-bond acceptors (Lipinski definition) is 1. The van der Waals surface area contributed by atoms with Crippen LogP contribution in [0, 0.1) is 29.6 Å². The van der Waals surface area contributed by atoms with Gasteiger partial charge in [0.1, 0.15) is 0 Å². The number of hydrogen-bond donors (Lipinski definition) is 1. The van der Waals surface area contributed by atoms with Crippen molar-refractivity contribution in [3.8, 4) is 0 Å². The summed E-state index contributed by atoms with van der Waals surface area (Å²) in [6.45, 7) is 2.11. The maximum atomic E-state index is 9.77. The Hall–Kier alpha value is -0.0400. The third-order valence-corrected chi connectivity index (χ3v) is 4.66. The molecule has 3 rings (SSSR count). The normalized spacial score (nSPS) is 57.0. The van der Waals surface area contributed by atoms with Gasteiger partial charge in [0, 0.05) is 0 Å².